The topological polar surface area (TPSA) is 75.6 Å². The summed E-state index contributed by atoms with van der Waals surface area (Å²) in [6, 6.07) is 20.1. The van der Waals surface area contributed by atoms with Crippen molar-refractivity contribution in [3.05, 3.63) is 101 Å². The van der Waals surface area contributed by atoms with Crippen LogP contribution in [0.25, 0.3) is 0 Å². The molecule has 0 atom stereocenters. The Bertz CT molecular complexity index is 972. The molecule has 0 saturated carbocycles. The number of aliphatic hydroxyl groups is 1. The Balaban J connectivity index is 1.76. The first-order chi connectivity index (χ1) is 13.9. The summed E-state index contributed by atoms with van der Waals surface area (Å²) < 4.78 is 18.2. The summed E-state index contributed by atoms with van der Waals surface area (Å²) in [6.07, 6.45) is 0. The van der Waals surface area contributed by atoms with Gasteiger partial charge in [0.25, 0.3) is 5.91 Å². The van der Waals surface area contributed by atoms with Gasteiger partial charge in [-0.15, -0.1) is 0 Å². The van der Waals surface area contributed by atoms with Crippen LogP contribution in [-0.2, 0) is 19.9 Å². The van der Waals surface area contributed by atoms with Crippen LogP contribution in [-0.4, -0.2) is 23.6 Å². The van der Waals surface area contributed by atoms with E-state index in [0.717, 1.165) is 12.1 Å². The lowest BCUT2D eigenvalue weighted by Crippen LogP contribution is -2.39. The number of anilines is 1. The number of ether oxygens (including phenoxy) is 1. The lowest BCUT2D eigenvalue weighted by molar-refractivity contribution is -0.163. The molecule has 0 spiro atoms. The van der Waals surface area contributed by atoms with E-state index in [1.807, 2.05) is 0 Å². The fourth-order valence-corrected chi connectivity index (χ4v) is 2.99. The molecule has 2 N–H and O–H groups in total. The third-order valence-electron chi connectivity index (χ3n) is 4.22. The first kappa shape index (κ1) is 20.5. The van der Waals surface area contributed by atoms with Crippen molar-refractivity contribution in [1.29, 1.82) is 0 Å². The van der Waals surface area contributed by atoms with E-state index in [1.54, 1.807) is 60.7 Å². The van der Waals surface area contributed by atoms with Gasteiger partial charge < -0.3 is 15.2 Å². The van der Waals surface area contributed by atoms with Gasteiger partial charge in [0.1, 0.15) is 5.82 Å². The second kappa shape index (κ2) is 8.86. The number of esters is 1. The van der Waals surface area contributed by atoms with E-state index < -0.39 is 29.9 Å². The summed E-state index contributed by atoms with van der Waals surface area (Å²) in [5.74, 6) is -2.24. The number of carbonyl (C=O) groups excluding carboxylic acids is 2. The Morgan fingerprint density at radius 1 is 0.966 bits per heavy atom. The minimum absolute atomic E-state index is 0.00903. The highest BCUT2D eigenvalue weighted by atomic mass is 35.5. The quantitative estimate of drug-likeness (QED) is 0.601. The number of hydrogen-bond donors (Lipinski definition) is 2. The number of hydrogen-bond acceptors (Lipinski definition) is 4. The standard InChI is InChI=1S/C22H17ClFNO4/c23-18-13-17(24)11-12-19(18)25-20(26)14-29-21(27)22(28,15-7-3-1-4-8-15)16-9-5-2-6-10-16/h1-13,28H,14H2,(H,25,26). The molecule has 7 heteroatoms. The number of nitrogens with one attached hydrogen (secondary N) is 1. The molecule has 0 aliphatic carbocycles. The Morgan fingerprint density at radius 2 is 1.52 bits per heavy atom. The van der Waals surface area contributed by atoms with Gasteiger partial charge in [0.05, 0.1) is 10.7 Å². The third kappa shape index (κ3) is 4.62. The molecular weight excluding hydrogens is 397 g/mol. The van der Waals surface area contributed by atoms with Gasteiger partial charge in [-0.2, -0.15) is 0 Å². The summed E-state index contributed by atoms with van der Waals surface area (Å²) in [5, 5.41) is 13.7. The number of halogens is 2. The van der Waals surface area contributed by atoms with Crippen LogP contribution >= 0.6 is 11.6 Å². The molecule has 0 fully saturated rings. The van der Waals surface area contributed by atoms with Gasteiger partial charge in [0, 0.05) is 0 Å². The van der Waals surface area contributed by atoms with Crippen LogP contribution in [0, 0.1) is 5.82 Å². The van der Waals surface area contributed by atoms with Crippen LogP contribution in [0.5, 0.6) is 0 Å². The van der Waals surface area contributed by atoms with Crippen LogP contribution in [0.1, 0.15) is 11.1 Å². The summed E-state index contributed by atoms with van der Waals surface area (Å²) in [5.41, 5.74) is -1.30. The smallest absolute Gasteiger partial charge is 0.348 e. The van der Waals surface area contributed by atoms with E-state index >= 15 is 0 Å². The monoisotopic (exact) mass is 413 g/mol. The number of rotatable bonds is 6. The van der Waals surface area contributed by atoms with Crippen molar-refractivity contribution < 1.29 is 23.8 Å². The fraction of sp³-hybridized carbons (Fsp3) is 0.0909. The largest absolute Gasteiger partial charge is 0.453 e. The second-order valence-electron chi connectivity index (χ2n) is 6.19. The first-order valence-electron chi connectivity index (χ1n) is 8.67. The molecule has 29 heavy (non-hydrogen) atoms. The summed E-state index contributed by atoms with van der Waals surface area (Å²) in [7, 11) is 0. The molecule has 0 heterocycles. The minimum atomic E-state index is -2.09. The molecule has 3 aromatic carbocycles. The van der Waals surface area contributed by atoms with Crippen LogP contribution in [0.15, 0.2) is 78.9 Å². The van der Waals surface area contributed by atoms with Gasteiger partial charge in [0.2, 0.25) is 5.60 Å². The van der Waals surface area contributed by atoms with E-state index in [1.165, 1.54) is 6.07 Å². The predicted molar refractivity (Wildman–Crippen MR) is 107 cm³/mol. The van der Waals surface area contributed by atoms with E-state index in [2.05, 4.69) is 5.32 Å². The summed E-state index contributed by atoms with van der Waals surface area (Å²) >= 11 is 5.87. The molecular formula is C22H17ClFNO4. The maximum atomic E-state index is 13.1. The Morgan fingerprint density at radius 3 is 2.03 bits per heavy atom. The minimum Gasteiger partial charge on any atom is -0.453 e. The fourth-order valence-electron chi connectivity index (χ4n) is 2.77. The normalized spacial score (nSPS) is 11.0. The summed E-state index contributed by atoms with van der Waals surface area (Å²) in [6.45, 7) is -0.658. The van der Waals surface area contributed by atoms with Gasteiger partial charge >= 0.3 is 5.97 Å². The molecule has 5 nitrogen and oxygen atoms in total. The average molecular weight is 414 g/mol. The van der Waals surface area contributed by atoms with E-state index in [9.17, 15) is 19.1 Å². The van der Waals surface area contributed by atoms with Crippen molar-refractivity contribution in [3.63, 3.8) is 0 Å². The van der Waals surface area contributed by atoms with Gasteiger partial charge in [-0.3, -0.25) is 4.79 Å². The van der Waals surface area contributed by atoms with Crippen molar-refractivity contribution in [2.75, 3.05) is 11.9 Å². The van der Waals surface area contributed by atoms with Crippen LogP contribution in [0.2, 0.25) is 5.02 Å². The maximum absolute atomic E-state index is 13.1. The molecule has 0 aromatic heterocycles. The highest BCUT2D eigenvalue weighted by Gasteiger charge is 2.41. The van der Waals surface area contributed by atoms with E-state index in [4.69, 9.17) is 16.3 Å². The van der Waals surface area contributed by atoms with Gasteiger partial charge in [-0.25, -0.2) is 9.18 Å². The lowest BCUT2D eigenvalue weighted by Gasteiger charge is -2.27. The molecule has 0 radical (unpaired) electrons. The molecule has 0 aliphatic heterocycles. The van der Waals surface area contributed by atoms with Crippen LogP contribution < -0.4 is 5.32 Å². The molecule has 1 amide bonds. The molecule has 0 saturated heterocycles. The van der Waals surface area contributed by atoms with Gasteiger partial charge in [-0.1, -0.05) is 72.3 Å². The van der Waals surface area contributed by atoms with Crippen LogP contribution in [0.3, 0.4) is 0 Å². The van der Waals surface area contributed by atoms with Crippen molar-refractivity contribution in [3.8, 4) is 0 Å². The highest BCUT2D eigenvalue weighted by Crippen LogP contribution is 2.31. The molecule has 0 unspecified atom stereocenters. The Kier molecular flexibility index (Phi) is 6.26. The predicted octanol–water partition coefficient (Wildman–Crippen LogP) is 3.90. The zero-order chi connectivity index (χ0) is 20.9. The maximum Gasteiger partial charge on any atom is 0.348 e. The molecule has 3 aromatic rings. The van der Waals surface area contributed by atoms with E-state index in [0.29, 0.717) is 11.1 Å². The van der Waals surface area contributed by atoms with Gasteiger partial charge in [-0.05, 0) is 29.3 Å². The lowest BCUT2D eigenvalue weighted by atomic mass is 9.86. The van der Waals surface area contributed by atoms with Crippen molar-refractivity contribution in [2.24, 2.45) is 0 Å². The van der Waals surface area contributed by atoms with Crippen molar-refractivity contribution in [2.45, 2.75) is 5.60 Å². The third-order valence-corrected chi connectivity index (χ3v) is 4.53. The van der Waals surface area contributed by atoms with Crippen molar-refractivity contribution in [1.82, 2.24) is 0 Å². The van der Waals surface area contributed by atoms with Gasteiger partial charge in [0.15, 0.2) is 6.61 Å². The zero-order valence-electron chi connectivity index (χ0n) is 15.1. The van der Waals surface area contributed by atoms with Crippen LogP contribution in [0.4, 0.5) is 10.1 Å². The Hall–Kier alpha value is -3.22. The second-order valence-corrected chi connectivity index (χ2v) is 6.60. The Labute approximate surface area is 171 Å². The summed E-state index contributed by atoms with van der Waals surface area (Å²) in [4.78, 5) is 24.9. The number of amides is 1. The van der Waals surface area contributed by atoms with Crippen molar-refractivity contribution >= 4 is 29.2 Å². The molecule has 148 valence electrons. The van der Waals surface area contributed by atoms with E-state index in [-0.39, 0.29) is 10.7 Å². The average Bonchev–Trinajstić information content (AvgIpc) is 2.74. The zero-order valence-corrected chi connectivity index (χ0v) is 15.9. The number of carbonyl (C=O) groups is 2. The molecule has 0 bridgehead atoms. The number of benzene rings is 3. The highest BCUT2D eigenvalue weighted by molar-refractivity contribution is 6.33. The molecule has 3 rings (SSSR count). The first-order valence-corrected chi connectivity index (χ1v) is 9.04. The molecule has 0 aliphatic rings. The SMILES string of the molecule is O=C(COC(=O)C(O)(c1ccccc1)c1ccccc1)Nc1ccc(F)cc1Cl.